The molecule has 2 heterocycles. The number of nitrogens with zero attached hydrogens (tertiary/aromatic N) is 2. The predicted octanol–water partition coefficient (Wildman–Crippen LogP) is 2.98. The minimum Gasteiger partial charge on any atom is -0.391 e. The van der Waals surface area contributed by atoms with Crippen LogP contribution in [0.5, 0.6) is 0 Å². The molecule has 1 aromatic heterocycles. The highest BCUT2D eigenvalue weighted by Crippen LogP contribution is 2.36. The number of pyridine rings is 1. The first kappa shape index (κ1) is 17.4. The quantitative estimate of drug-likeness (QED) is 0.926. The number of amides is 1. The smallest absolute Gasteiger partial charge is 0.391 e. The second-order valence-corrected chi connectivity index (χ2v) is 6.11. The summed E-state index contributed by atoms with van der Waals surface area (Å²) >= 11 is 0. The van der Waals surface area contributed by atoms with Crippen LogP contribution in [0.15, 0.2) is 48.8 Å². The Hall–Kier alpha value is -2.41. The van der Waals surface area contributed by atoms with Crippen molar-refractivity contribution in [3.8, 4) is 0 Å². The van der Waals surface area contributed by atoms with Crippen LogP contribution in [0.25, 0.3) is 0 Å². The van der Waals surface area contributed by atoms with E-state index < -0.39 is 23.9 Å². The molecule has 1 aliphatic rings. The Labute approximate surface area is 142 Å². The molecule has 132 valence electrons. The van der Waals surface area contributed by atoms with Crippen molar-refractivity contribution in [1.82, 2.24) is 9.88 Å². The van der Waals surface area contributed by atoms with Crippen molar-refractivity contribution < 1.29 is 23.1 Å². The molecule has 1 fully saturated rings. The Kier molecular flexibility index (Phi) is 4.76. The van der Waals surface area contributed by atoms with Gasteiger partial charge in [0, 0.05) is 18.9 Å². The van der Waals surface area contributed by atoms with E-state index in [1.54, 1.807) is 30.6 Å². The molecule has 25 heavy (non-hydrogen) atoms. The average Bonchev–Trinajstić information content (AvgIpc) is 2.97. The van der Waals surface area contributed by atoms with Gasteiger partial charge < -0.3 is 10.0 Å². The van der Waals surface area contributed by atoms with E-state index in [1.807, 2.05) is 0 Å². The van der Waals surface area contributed by atoms with Gasteiger partial charge >= 0.3 is 6.18 Å². The lowest BCUT2D eigenvalue weighted by molar-refractivity contribution is -0.137. The molecule has 0 saturated carbocycles. The number of carbonyl (C=O) groups excluding carboxylic acids is 1. The van der Waals surface area contributed by atoms with Crippen molar-refractivity contribution in [2.45, 2.75) is 31.2 Å². The van der Waals surface area contributed by atoms with Gasteiger partial charge in [-0.25, -0.2) is 0 Å². The summed E-state index contributed by atoms with van der Waals surface area (Å²) in [5, 5.41) is 9.95. The van der Waals surface area contributed by atoms with E-state index in [9.17, 15) is 23.1 Å². The molecule has 4 nitrogen and oxygen atoms in total. The van der Waals surface area contributed by atoms with Crippen LogP contribution in [-0.2, 0) is 17.4 Å². The minimum atomic E-state index is -4.45. The third-order valence-electron chi connectivity index (χ3n) is 4.28. The summed E-state index contributed by atoms with van der Waals surface area (Å²) in [6, 6.07) is 7.84. The zero-order valence-corrected chi connectivity index (χ0v) is 13.3. The Morgan fingerprint density at radius 1 is 1.28 bits per heavy atom. The van der Waals surface area contributed by atoms with E-state index >= 15 is 0 Å². The van der Waals surface area contributed by atoms with Crippen molar-refractivity contribution in [1.29, 1.82) is 0 Å². The summed E-state index contributed by atoms with van der Waals surface area (Å²) in [7, 11) is 0. The third kappa shape index (κ3) is 3.99. The van der Waals surface area contributed by atoms with E-state index in [2.05, 4.69) is 4.98 Å². The van der Waals surface area contributed by atoms with Crippen LogP contribution in [0, 0.1) is 0 Å². The predicted molar refractivity (Wildman–Crippen MR) is 84.5 cm³/mol. The van der Waals surface area contributed by atoms with Crippen molar-refractivity contribution in [2.24, 2.45) is 0 Å². The van der Waals surface area contributed by atoms with Crippen LogP contribution >= 0.6 is 0 Å². The number of halogens is 3. The average molecular weight is 350 g/mol. The summed E-state index contributed by atoms with van der Waals surface area (Å²) in [5.41, 5.74) is 0.341. The van der Waals surface area contributed by atoms with Gasteiger partial charge in [-0.1, -0.05) is 18.2 Å². The Morgan fingerprint density at radius 2 is 2.08 bits per heavy atom. The number of aliphatic hydroxyl groups excluding tert-OH is 1. The van der Waals surface area contributed by atoms with Crippen molar-refractivity contribution >= 4 is 5.91 Å². The molecule has 1 aromatic carbocycles. The van der Waals surface area contributed by atoms with E-state index in [-0.39, 0.29) is 25.3 Å². The number of aliphatic hydroxyl groups is 1. The molecule has 1 N–H and O–H groups in total. The van der Waals surface area contributed by atoms with E-state index in [0.717, 1.165) is 17.7 Å². The van der Waals surface area contributed by atoms with Crippen molar-refractivity contribution in [2.75, 3.05) is 6.54 Å². The number of alkyl halides is 3. The zero-order chi connectivity index (χ0) is 18.0. The standard InChI is InChI=1S/C18H17F3N2O2/c19-18(20,21)14-5-1-4-13(8-14)16-9-15(24)11-23(16)17(25)7-12-3-2-6-22-10-12/h1-6,8,10,15-16,24H,7,9,11H2/t15-,16+/m0/s1. The highest BCUT2D eigenvalue weighted by molar-refractivity contribution is 5.79. The molecule has 2 atom stereocenters. The van der Waals surface area contributed by atoms with E-state index in [1.165, 1.54) is 11.0 Å². The molecule has 2 aromatic rings. The lowest BCUT2D eigenvalue weighted by Gasteiger charge is -2.25. The fraction of sp³-hybridized carbons (Fsp3) is 0.333. The van der Waals surface area contributed by atoms with E-state index in [0.29, 0.717) is 5.56 Å². The van der Waals surface area contributed by atoms with Crippen LogP contribution in [-0.4, -0.2) is 33.5 Å². The number of β-amino-alcohol motifs (C(OH)–C–C–N with tert-alkyl or cyclic N) is 1. The molecule has 0 spiro atoms. The minimum absolute atomic E-state index is 0.0933. The first-order chi connectivity index (χ1) is 11.8. The first-order valence-electron chi connectivity index (χ1n) is 7.88. The fourth-order valence-corrected chi connectivity index (χ4v) is 3.11. The SMILES string of the molecule is O=C(Cc1cccnc1)N1C[C@@H](O)C[C@@H]1c1cccc(C(F)(F)F)c1. The van der Waals surface area contributed by atoms with Crippen LogP contribution in [0.3, 0.4) is 0 Å². The molecule has 1 amide bonds. The van der Waals surface area contributed by atoms with Gasteiger partial charge in [-0.05, 0) is 35.7 Å². The van der Waals surface area contributed by atoms with Gasteiger partial charge in [0.05, 0.1) is 24.1 Å². The zero-order valence-electron chi connectivity index (χ0n) is 13.3. The number of carbonyl (C=O) groups is 1. The molecule has 3 rings (SSSR count). The Balaban J connectivity index is 1.83. The molecular formula is C18H17F3N2O2. The molecule has 0 radical (unpaired) electrons. The monoisotopic (exact) mass is 350 g/mol. The summed E-state index contributed by atoms with van der Waals surface area (Å²) in [6.07, 6.45) is -1.71. The third-order valence-corrected chi connectivity index (χ3v) is 4.28. The van der Waals surface area contributed by atoms with Crippen LogP contribution in [0.4, 0.5) is 13.2 Å². The molecule has 0 unspecified atom stereocenters. The molecular weight excluding hydrogens is 333 g/mol. The maximum Gasteiger partial charge on any atom is 0.416 e. The first-order valence-corrected chi connectivity index (χ1v) is 7.88. The highest BCUT2D eigenvalue weighted by atomic mass is 19.4. The molecule has 0 aliphatic carbocycles. The normalized spacial score (nSPS) is 20.7. The molecule has 1 saturated heterocycles. The fourth-order valence-electron chi connectivity index (χ4n) is 3.11. The number of benzene rings is 1. The van der Waals surface area contributed by atoms with E-state index in [4.69, 9.17) is 0 Å². The van der Waals surface area contributed by atoms with Crippen molar-refractivity contribution in [3.63, 3.8) is 0 Å². The number of likely N-dealkylation sites (tertiary alicyclic amines) is 1. The summed E-state index contributed by atoms with van der Waals surface area (Å²) in [6.45, 7) is 0.111. The van der Waals surface area contributed by atoms with Gasteiger partial charge in [0.15, 0.2) is 0 Å². The van der Waals surface area contributed by atoms with Gasteiger partial charge in [0.25, 0.3) is 0 Å². The topological polar surface area (TPSA) is 53.4 Å². The summed E-state index contributed by atoms with van der Waals surface area (Å²) < 4.78 is 38.8. The Bertz CT molecular complexity index is 749. The number of hydrogen-bond acceptors (Lipinski definition) is 3. The summed E-state index contributed by atoms with van der Waals surface area (Å²) in [5.74, 6) is -0.244. The van der Waals surface area contributed by atoms with Crippen molar-refractivity contribution in [3.05, 3.63) is 65.5 Å². The van der Waals surface area contributed by atoms with Crippen LogP contribution < -0.4 is 0 Å². The maximum absolute atomic E-state index is 12.9. The van der Waals surface area contributed by atoms with Gasteiger partial charge in [0.2, 0.25) is 5.91 Å². The largest absolute Gasteiger partial charge is 0.416 e. The second kappa shape index (κ2) is 6.84. The van der Waals surface area contributed by atoms with Gasteiger partial charge in [-0.15, -0.1) is 0 Å². The molecule has 7 heteroatoms. The van der Waals surface area contributed by atoms with Gasteiger partial charge in [0.1, 0.15) is 0 Å². The number of rotatable bonds is 3. The lowest BCUT2D eigenvalue weighted by atomic mass is 10.0. The van der Waals surface area contributed by atoms with Gasteiger partial charge in [-0.3, -0.25) is 9.78 Å². The second-order valence-electron chi connectivity index (χ2n) is 6.11. The molecule has 0 bridgehead atoms. The number of aromatic nitrogens is 1. The lowest BCUT2D eigenvalue weighted by Crippen LogP contribution is -2.33. The Morgan fingerprint density at radius 3 is 2.76 bits per heavy atom. The summed E-state index contributed by atoms with van der Waals surface area (Å²) in [4.78, 5) is 18.0. The highest BCUT2D eigenvalue weighted by Gasteiger charge is 2.37. The molecule has 1 aliphatic heterocycles. The van der Waals surface area contributed by atoms with Gasteiger partial charge in [-0.2, -0.15) is 13.2 Å². The van der Waals surface area contributed by atoms with Crippen LogP contribution in [0.2, 0.25) is 0 Å². The number of hydrogen-bond donors (Lipinski definition) is 1. The van der Waals surface area contributed by atoms with Crippen LogP contribution in [0.1, 0.15) is 29.2 Å². The maximum atomic E-state index is 12.9.